The van der Waals surface area contributed by atoms with Crippen LogP contribution in [0.4, 0.5) is 5.82 Å². The maximum absolute atomic E-state index is 5.94. The van der Waals surface area contributed by atoms with E-state index < -0.39 is 0 Å². The van der Waals surface area contributed by atoms with Gasteiger partial charge in [0, 0.05) is 18.8 Å². The van der Waals surface area contributed by atoms with Crippen LogP contribution in [0.15, 0.2) is 6.07 Å². The van der Waals surface area contributed by atoms with E-state index in [0.29, 0.717) is 16.4 Å². The third-order valence-electron chi connectivity index (χ3n) is 4.76. The Bertz CT molecular complexity index is 541. The molecule has 3 nitrogen and oxygen atoms in total. The molecule has 0 amide bonds. The summed E-state index contributed by atoms with van der Waals surface area (Å²) in [5.74, 6) is 0.949. The van der Waals surface area contributed by atoms with Gasteiger partial charge in [0.15, 0.2) is 0 Å². The normalized spacial score (nSPS) is 18.5. The second kappa shape index (κ2) is 5.91. The van der Waals surface area contributed by atoms with Crippen LogP contribution in [0.5, 0.6) is 0 Å². The fraction of sp³-hybridized carbons (Fsp3) is 0.647. The van der Waals surface area contributed by atoms with Crippen molar-refractivity contribution in [2.45, 2.75) is 59.4 Å². The molecule has 1 aromatic rings. The van der Waals surface area contributed by atoms with Gasteiger partial charge in [0.1, 0.15) is 10.8 Å². The van der Waals surface area contributed by atoms with Crippen molar-refractivity contribution in [3.05, 3.63) is 22.9 Å². The number of anilines is 1. The summed E-state index contributed by atoms with van der Waals surface area (Å²) in [6.45, 7) is 8.81. The van der Waals surface area contributed by atoms with E-state index in [-0.39, 0.29) is 0 Å². The Balaban J connectivity index is 2.31. The molecule has 0 aliphatic heterocycles. The van der Waals surface area contributed by atoms with Gasteiger partial charge in [-0.3, -0.25) is 0 Å². The zero-order valence-corrected chi connectivity index (χ0v) is 14.7. The Morgan fingerprint density at radius 1 is 1.33 bits per heavy atom. The minimum Gasteiger partial charge on any atom is -0.389 e. The Morgan fingerprint density at radius 3 is 2.43 bits per heavy atom. The molecule has 21 heavy (non-hydrogen) atoms. The van der Waals surface area contributed by atoms with Crippen molar-refractivity contribution in [2.75, 3.05) is 11.9 Å². The number of hydrogen-bond acceptors (Lipinski definition) is 3. The van der Waals surface area contributed by atoms with Gasteiger partial charge in [-0.15, -0.1) is 0 Å². The molecule has 1 aliphatic carbocycles. The second-order valence-electron chi connectivity index (χ2n) is 7.15. The van der Waals surface area contributed by atoms with Gasteiger partial charge >= 0.3 is 0 Å². The van der Waals surface area contributed by atoms with Crippen molar-refractivity contribution in [1.29, 1.82) is 0 Å². The molecule has 1 aromatic heterocycles. The van der Waals surface area contributed by atoms with Gasteiger partial charge in [0.2, 0.25) is 0 Å². The highest BCUT2D eigenvalue weighted by Gasteiger charge is 2.30. The fourth-order valence-electron chi connectivity index (χ4n) is 3.32. The van der Waals surface area contributed by atoms with E-state index >= 15 is 0 Å². The van der Waals surface area contributed by atoms with Gasteiger partial charge in [-0.25, -0.2) is 4.98 Å². The van der Waals surface area contributed by atoms with E-state index in [1.54, 1.807) is 0 Å². The second-order valence-corrected chi connectivity index (χ2v) is 7.59. The van der Waals surface area contributed by atoms with Crippen molar-refractivity contribution >= 4 is 23.0 Å². The van der Waals surface area contributed by atoms with E-state index in [1.165, 1.54) is 25.7 Å². The number of aryl methyl sites for hydroxylation is 2. The highest BCUT2D eigenvalue weighted by Crippen LogP contribution is 2.38. The number of rotatable bonds is 3. The van der Waals surface area contributed by atoms with E-state index in [0.717, 1.165) is 22.6 Å². The van der Waals surface area contributed by atoms with Crippen molar-refractivity contribution in [3.8, 4) is 0 Å². The molecular weight excluding hydrogens is 278 g/mol. The number of nitrogens with zero attached hydrogens (tertiary/aromatic N) is 2. The molecule has 2 rings (SSSR count). The summed E-state index contributed by atoms with van der Waals surface area (Å²) in [6.07, 6.45) is 4.92. The standard InChI is InChI=1S/C17H27N3S/c1-11-10-12(2)19-16(14(11)15(18)21)20(5)13-6-8-17(3,4)9-7-13/h10,13H,6-9H2,1-5H3,(H2,18,21). The molecule has 2 N–H and O–H groups in total. The zero-order chi connectivity index (χ0) is 15.8. The van der Waals surface area contributed by atoms with Crippen LogP contribution in [-0.2, 0) is 0 Å². The van der Waals surface area contributed by atoms with Crippen molar-refractivity contribution in [1.82, 2.24) is 4.98 Å². The first kappa shape index (κ1) is 16.2. The van der Waals surface area contributed by atoms with Crippen molar-refractivity contribution in [2.24, 2.45) is 11.1 Å². The van der Waals surface area contributed by atoms with Gasteiger partial charge < -0.3 is 10.6 Å². The SMILES string of the molecule is Cc1cc(C)c(C(N)=S)c(N(C)C2CCC(C)(C)CC2)n1. The van der Waals surface area contributed by atoms with E-state index in [9.17, 15) is 0 Å². The van der Waals surface area contributed by atoms with Crippen LogP contribution >= 0.6 is 12.2 Å². The molecule has 1 heterocycles. The maximum atomic E-state index is 5.94. The van der Waals surface area contributed by atoms with Crippen LogP contribution in [0.25, 0.3) is 0 Å². The molecule has 1 aliphatic rings. The first-order valence-corrected chi connectivity index (χ1v) is 8.13. The maximum Gasteiger partial charge on any atom is 0.139 e. The fourth-order valence-corrected chi connectivity index (χ4v) is 3.57. The summed E-state index contributed by atoms with van der Waals surface area (Å²) in [7, 11) is 2.13. The van der Waals surface area contributed by atoms with Gasteiger partial charge in [-0.05, 0) is 56.6 Å². The predicted octanol–water partition coefficient (Wildman–Crippen LogP) is 3.74. The summed E-state index contributed by atoms with van der Waals surface area (Å²) < 4.78 is 0. The minimum absolute atomic E-state index is 0.443. The molecule has 0 atom stereocenters. The molecule has 0 unspecified atom stereocenters. The zero-order valence-electron chi connectivity index (χ0n) is 13.9. The highest BCUT2D eigenvalue weighted by atomic mass is 32.1. The summed E-state index contributed by atoms with van der Waals surface area (Å²) in [5, 5.41) is 0. The van der Waals surface area contributed by atoms with Crippen LogP contribution in [0.3, 0.4) is 0 Å². The molecule has 1 fully saturated rings. The molecule has 0 bridgehead atoms. The molecule has 1 saturated carbocycles. The van der Waals surface area contributed by atoms with Gasteiger partial charge in [0.25, 0.3) is 0 Å². The largest absolute Gasteiger partial charge is 0.389 e. The summed E-state index contributed by atoms with van der Waals surface area (Å²) in [5.41, 5.74) is 9.48. The van der Waals surface area contributed by atoms with Crippen LogP contribution in [0.2, 0.25) is 0 Å². The molecular formula is C17H27N3S. The van der Waals surface area contributed by atoms with E-state index in [2.05, 4.69) is 38.8 Å². The smallest absolute Gasteiger partial charge is 0.139 e. The average molecular weight is 305 g/mol. The average Bonchev–Trinajstić information content (AvgIpc) is 2.36. The molecule has 116 valence electrons. The van der Waals surface area contributed by atoms with Gasteiger partial charge in [-0.1, -0.05) is 26.1 Å². The number of pyridine rings is 1. The van der Waals surface area contributed by atoms with Crippen LogP contribution in [0, 0.1) is 19.3 Å². The Kier molecular flexibility index (Phi) is 4.57. The van der Waals surface area contributed by atoms with Crippen LogP contribution in [0.1, 0.15) is 56.4 Å². The van der Waals surface area contributed by atoms with Gasteiger partial charge in [-0.2, -0.15) is 0 Å². The molecule has 0 saturated heterocycles. The number of nitrogens with two attached hydrogens (primary N) is 1. The first-order valence-electron chi connectivity index (χ1n) is 7.72. The lowest BCUT2D eigenvalue weighted by molar-refractivity contribution is 0.222. The Hall–Kier alpha value is -1.16. The number of thiocarbonyl (C=S) groups is 1. The number of aromatic nitrogens is 1. The number of hydrogen-bond donors (Lipinski definition) is 1. The minimum atomic E-state index is 0.443. The summed E-state index contributed by atoms with van der Waals surface area (Å²) in [6, 6.07) is 2.58. The lowest BCUT2D eigenvalue weighted by Crippen LogP contribution is -2.39. The first-order chi connectivity index (χ1) is 9.71. The predicted molar refractivity (Wildman–Crippen MR) is 94.0 cm³/mol. The molecule has 0 spiro atoms. The van der Waals surface area contributed by atoms with E-state index in [1.807, 2.05) is 6.92 Å². The summed E-state index contributed by atoms with van der Waals surface area (Å²) >= 11 is 5.25. The molecule has 4 heteroatoms. The molecule has 0 aromatic carbocycles. The van der Waals surface area contributed by atoms with Crippen molar-refractivity contribution in [3.63, 3.8) is 0 Å². The summed E-state index contributed by atoms with van der Waals surface area (Å²) in [4.78, 5) is 7.46. The van der Waals surface area contributed by atoms with Crippen LogP contribution < -0.4 is 10.6 Å². The third-order valence-corrected chi connectivity index (χ3v) is 4.97. The third kappa shape index (κ3) is 3.54. The van der Waals surface area contributed by atoms with Gasteiger partial charge in [0.05, 0.1) is 5.56 Å². The molecule has 0 radical (unpaired) electrons. The van der Waals surface area contributed by atoms with E-state index in [4.69, 9.17) is 22.9 Å². The topological polar surface area (TPSA) is 42.1 Å². The Labute approximate surface area is 133 Å². The lowest BCUT2D eigenvalue weighted by atomic mass is 9.75. The Morgan fingerprint density at radius 2 is 1.90 bits per heavy atom. The van der Waals surface area contributed by atoms with Crippen LogP contribution in [-0.4, -0.2) is 23.1 Å². The monoisotopic (exact) mass is 305 g/mol. The quantitative estimate of drug-likeness (QED) is 0.864. The van der Waals surface area contributed by atoms with Crippen molar-refractivity contribution < 1.29 is 0 Å². The highest BCUT2D eigenvalue weighted by molar-refractivity contribution is 7.80. The lowest BCUT2D eigenvalue weighted by Gasteiger charge is -2.39.